The fourth-order valence-electron chi connectivity index (χ4n) is 2.60. The number of hydrogen-bond acceptors (Lipinski definition) is 4. The number of hydrogen-bond donors (Lipinski definition) is 1. The molecule has 1 saturated heterocycles. The molecule has 1 aliphatic rings. The number of likely N-dealkylation sites (N-methyl/N-ethyl adjacent to an activating group) is 1. The van der Waals surface area contributed by atoms with Crippen molar-refractivity contribution in [2.24, 2.45) is 0 Å². The van der Waals surface area contributed by atoms with Gasteiger partial charge in [-0.2, -0.15) is 0 Å². The van der Waals surface area contributed by atoms with Gasteiger partial charge in [0.15, 0.2) is 0 Å². The second-order valence-electron chi connectivity index (χ2n) is 5.81. The summed E-state index contributed by atoms with van der Waals surface area (Å²) in [7, 11) is 1.79. The highest BCUT2D eigenvalue weighted by atomic mass is 32.2. The predicted molar refractivity (Wildman–Crippen MR) is 86.2 cm³/mol. The SMILES string of the molecule is CN(CC1CCCCN1)c1ccc(S(=O)(=O)N(C)C)cc1. The van der Waals surface area contributed by atoms with E-state index in [1.165, 1.54) is 23.6 Å². The van der Waals surface area contributed by atoms with Crippen LogP contribution >= 0.6 is 0 Å². The van der Waals surface area contributed by atoms with Gasteiger partial charge in [0, 0.05) is 39.4 Å². The van der Waals surface area contributed by atoms with E-state index in [-0.39, 0.29) is 0 Å². The molecule has 1 aliphatic heterocycles. The van der Waals surface area contributed by atoms with E-state index in [9.17, 15) is 8.42 Å². The van der Waals surface area contributed by atoms with Crippen LogP contribution in [0.15, 0.2) is 29.2 Å². The zero-order valence-electron chi connectivity index (χ0n) is 13.0. The molecule has 1 heterocycles. The minimum atomic E-state index is -3.34. The summed E-state index contributed by atoms with van der Waals surface area (Å²) in [5, 5.41) is 3.53. The van der Waals surface area contributed by atoms with Gasteiger partial charge in [-0.25, -0.2) is 12.7 Å². The Labute approximate surface area is 128 Å². The second kappa shape index (κ2) is 6.77. The molecule has 2 rings (SSSR count). The Kier molecular flexibility index (Phi) is 5.24. The van der Waals surface area contributed by atoms with Gasteiger partial charge < -0.3 is 10.2 Å². The van der Waals surface area contributed by atoms with Crippen molar-refractivity contribution in [3.63, 3.8) is 0 Å². The Morgan fingerprint density at radius 1 is 1.14 bits per heavy atom. The lowest BCUT2D eigenvalue weighted by Crippen LogP contribution is -2.42. The van der Waals surface area contributed by atoms with Gasteiger partial charge in [-0.05, 0) is 43.7 Å². The van der Waals surface area contributed by atoms with Crippen LogP contribution in [0.4, 0.5) is 5.69 Å². The average Bonchev–Trinajstić information content (AvgIpc) is 2.48. The van der Waals surface area contributed by atoms with Crippen molar-refractivity contribution < 1.29 is 8.42 Å². The van der Waals surface area contributed by atoms with E-state index in [4.69, 9.17) is 0 Å². The number of piperidine rings is 1. The summed E-state index contributed by atoms with van der Waals surface area (Å²) in [4.78, 5) is 2.51. The third kappa shape index (κ3) is 3.96. The van der Waals surface area contributed by atoms with Gasteiger partial charge >= 0.3 is 0 Å². The first-order valence-corrected chi connectivity index (χ1v) is 8.82. The van der Waals surface area contributed by atoms with Gasteiger partial charge in [0.1, 0.15) is 0 Å². The maximum Gasteiger partial charge on any atom is 0.242 e. The minimum absolute atomic E-state index is 0.334. The number of nitrogens with one attached hydrogen (secondary N) is 1. The van der Waals surface area contributed by atoms with Gasteiger partial charge in [-0.15, -0.1) is 0 Å². The first kappa shape index (κ1) is 16.3. The third-order valence-corrected chi connectivity index (χ3v) is 5.79. The quantitative estimate of drug-likeness (QED) is 0.896. The van der Waals surface area contributed by atoms with Crippen molar-refractivity contribution in [3.05, 3.63) is 24.3 Å². The number of rotatable bonds is 5. The van der Waals surface area contributed by atoms with Crippen molar-refractivity contribution in [2.75, 3.05) is 39.1 Å². The standard InChI is InChI=1S/C15H25N3O2S/c1-17(2)21(19,20)15-9-7-14(8-10-15)18(3)12-13-6-4-5-11-16-13/h7-10,13,16H,4-6,11-12H2,1-3H3. The second-order valence-corrected chi connectivity index (χ2v) is 7.96. The van der Waals surface area contributed by atoms with E-state index in [2.05, 4.69) is 10.2 Å². The molecule has 0 saturated carbocycles. The van der Waals surface area contributed by atoms with E-state index in [1.807, 2.05) is 19.2 Å². The van der Waals surface area contributed by atoms with Crippen molar-refractivity contribution in [1.29, 1.82) is 0 Å². The molecule has 6 heteroatoms. The van der Waals surface area contributed by atoms with Gasteiger partial charge in [0.05, 0.1) is 4.90 Å². The van der Waals surface area contributed by atoms with Crippen LogP contribution in [0.1, 0.15) is 19.3 Å². The van der Waals surface area contributed by atoms with Crippen LogP contribution < -0.4 is 10.2 Å². The molecule has 0 spiro atoms. The number of sulfonamides is 1. The molecule has 0 radical (unpaired) electrons. The summed E-state index contributed by atoms with van der Waals surface area (Å²) in [6, 6.07) is 7.62. The molecule has 118 valence electrons. The highest BCUT2D eigenvalue weighted by Crippen LogP contribution is 2.20. The number of anilines is 1. The maximum absolute atomic E-state index is 12.0. The number of nitrogens with zero attached hydrogens (tertiary/aromatic N) is 2. The molecular weight excluding hydrogens is 286 g/mol. The van der Waals surface area contributed by atoms with Crippen LogP contribution in [0.25, 0.3) is 0 Å². The van der Waals surface area contributed by atoms with E-state index < -0.39 is 10.0 Å². The van der Waals surface area contributed by atoms with Crippen LogP contribution in [0.3, 0.4) is 0 Å². The highest BCUT2D eigenvalue weighted by molar-refractivity contribution is 7.89. The average molecular weight is 311 g/mol. The lowest BCUT2D eigenvalue weighted by atomic mass is 10.0. The molecule has 1 atom stereocenters. The predicted octanol–water partition coefficient (Wildman–Crippen LogP) is 1.52. The van der Waals surface area contributed by atoms with Gasteiger partial charge in [0.25, 0.3) is 0 Å². The largest absolute Gasteiger partial charge is 0.373 e. The molecule has 0 amide bonds. The molecular formula is C15H25N3O2S. The first-order chi connectivity index (χ1) is 9.91. The summed E-state index contributed by atoms with van der Waals surface area (Å²) in [6.45, 7) is 2.04. The van der Waals surface area contributed by atoms with Crippen LogP contribution in [-0.4, -0.2) is 53.0 Å². The molecule has 21 heavy (non-hydrogen) atoms. The fourth-order valence-corrected chi connectivity index (χ4v) is 3.50. The van der Waals surface area contributed by atoms with E-state index in [0.29, 0.717) is 10.9 Å². The monoisotopic (exact) mass is 311 g/mol. The van der Waals surface area contributed by atoms with Crippen molar-refractivity contribution >= 4 is 15.7 Å². The van der Waals surface area contributed by atoms with Crippen LogP contribution in [-0.2, 0) is 10.0 Å². The lowest BCUT2D eigenvalue weighted by Gasteiger charge is -2.29. The maximum atomic E-state index is 12.0. The molecule has 0 aromatic heterocycles. The molecule has 5 nitrogen and oxygen atoms in total. The molecule has 1 N–H and O–H groups in total. The normalized spacial score (nSPS) is 19.7. The molecule has 1 aromatic rings. The van der Waals surface area contributed by atoms with Crippen LogP contribution in [0.5, 0.6) is 0 Å². The summed E-state index contributed by atoms with van der Waals surface area (Å²) in [5.41, 5.74) is 1.04. The minimum Gasteiger partial charge on any atom is -0.373 e. The molecule has 1 unspecified atom stereocenters. The summed E-state index contributed by atoms with van der Waals surface area (Å²) < 4.78 is 25.3. The number of benzene rings is 1. The molecule has 0 bridgehead atoms. The molecule has 0 aliphatic carbocycles. The Balaban J connectivity index is 2.04. The third-order valence-electron chi connectivity index (χ3n) is 3.96. The highest BCUT2D eigenvalue weighted by Gasteiger charge is 2.18. The van der Waals surface area contributed by atoms with Gasteiger partial charge in [-0.1, -0.05) is 6.42 Å². The zero-order valence-corrected chi connectivity index (χ0v) is 13.9. The Morgan fingerprint density at radius 2 is 1.81 bits per heavy atom. The lowest BCUT2D eigenvalue weighted by molar-refractivity contribution is 0.403. The molecule has 1 aromatic carbocycles. The topological polar surface area (TPSA) is 52.7 Å². The van der Waals surface area contributed by atoms with Crippen molar-refractivity contribution in [3.8, 4) is 0 Å². The van der Waals surface area contributed by atoms with E-state index in [0.717, 1.165) is 18.8 Å². The van der Waals surface area contributed by atoms with E-state index in [1.54, 1.807) is 26.2 Å². The van der Waals surface area contributed by atoms with Crippen LogP contribution in [0.2, 0.25) is 0 Å². The van der Waals surface area contributed by atoms with Crippen LogP contribution in [0, 0.1) is 0 Å². The molecule has 1 fully saturated rings. The Morgan fingerprint density at radius 3 is 2.33 bits per heavy atom. The smallest absolute Gasteiger partial charge is 0.242 e. The summed E-state index contributed by atoms with van der Waals surface area (Å²) in [5.74, 6) is 0. The van der Waals surface area contributed by atoms with Gasteiger partial charge in [-0.3, -0.25) is 0 Å². The summed E-state index contributed by atoms with van der Waals surface area (Å²) in [6.07, 6.45) is 3.75. The Hall–Kier alpha value is -1.11. The van der Waals surface area contributed by atoms with E-state index >= 15 is 0 Å². The zero-order chi connectivity index (χ0) is 15.5. The Bertz CT molecular complexity index is 549. The van der Waals surface area contributed by atoms with Gasteiger partial charge in [0.2, 0.25) is 10.0 Å². The van der Waals surface area contributed by atoms with Crippen molar-refractivity contribution in [1.82, 2.24) is 9.62 Å². The fraction of sp³-hybridized carbons (Fsp3) is 0.600. The first-order valence-electron chi connectivity index (χ1n) is 7.38. The summed E-state index contributed by atoms with van der Waals surface area (Å²) >= 11 is 0. The van der Waals surface area contributed by atoms with Crippen molar-refractivity contribution in [2.45, 2.75) is 30.2 Å².